The molecule has 0 fully saturated rings. The Bertz CT molecular complexity index is 2820. The molecule has 6 nitrogen and oxygen atoms in total. The fourth-order valence-corrected chi connectivity index (χ4v) is 11.4. The van der Waals surface area contributed by atoms with Crippen molar-refractivity contribution < 1.29 is 58.0 Å². The van der Waals surface area contributed by atoms with Gasteiger partial charge in [-0.1, -0.05) is 109 Å². The molecular formula is C62H49FI3O6S2+. The summed E-state index contributed by atoms with van der Waals surface area (Å²) in [6, 6.07) is 90.0. The van der Waals surface area contributed by atoms with Crippen LogP contribution in [0.15, 0.2) is 308 Å². The number of hydrogen-bond acceptors (Lipinski definition) is 4. The van der Waals surface area contributed by atoms with E-state index in [1.165, 1.54) is 53.6 Å². The van der Waals surface area contributed by atoms with Crippen LogP contribution in [-0.2, 0) is 21.8 Å². The Balaban J connectivity index is 0.000000176. The Morgan fingerprint density at radius 3 is 0.824 bits per heavy atom. The number of carbonyl (C=O) groups is 2. The van der Waals surface area contributed by atoms with Crippen molar-refractivity contribution in [3.05, 3.63) is 303 Å². The number of carboxylic acids is 2. The van der Waals surface area contributed by atoms with Gasteiger partial charge in [-0.3, -0.25) is 0 Å². The molecule has 12 heteroatoms. The van der Waals surface area contributed by atoms with Gasteiger partial charge in [0.15, 0.2) is 29.4 Å². The summed E-state index contributed by atoms with van der Waals surface area (Å²) >= 11 is 4.40. The SMILES string of the molecule is O=C(O)c1ccc(F)cc1.O=C(O)c1ccc(Oc2ccc(I)cc2)cc1.Oc1ccc(I)cc1.[I-].c1ccc([S+](c2ccccc2)c2ccccc2)cc1.c1ccc([S+](c2ccccc2)c2ccccc2)cc1. The molecule has 0 aliphatic heterocycles. The molecule has 0 bridgehead atoms. The molecular weight excluding hydrogens is 1300 g/mol. The van der Waals surface area contributed by atoms with E-state index in [9.17, 15) is 14.0 Å². The molecule has 0 radical (unpaired) electrons. The lowest BCUT2D eigenvalue weighted by Crippen LogP contribution is -3.00. The highest BCUT2D eigenvalue weighted by Gasteiger charge is 2.28. The molecule has 0 aromatic heterocycles. The number of aromatic carboxylic acids is 2. The molecule has 0 heterocycles. The molecule has 0 unspecified atom stereocenters. The van der Waals surface area contributed by atoms with Crippen molar-refractivity contribution in [3.8, 4) is 17.2 Å². The molecule has 0 aliphatic rings. The van der Waals surface area contributed by atoms with E-state index < -0.39 is 17.8 Å². The standard InChI is InChI=1S/2C18H15S.C13H9IO3.C7H5FO2.C6H5IO.HI/c2*1-4-10-16(11-5-1)19(17-12-6-2-7-13-17)18-14-8-3-9-15-18;14-10-3-7-12(8-4-10)17-11-5-1-9(2-6-11)13(15)16;8-6-3-1-5(2-4-6)7(9)10;7-5-1-3-6(8)4-2-5;/h2*1-15H;1-8H,(H,15,16);1-4H,(H,9,10);1-4,8H;1H/q2*+1;;;;/p-1. The zero-order valence-electron chi connectivity index (χ0n) is 39.5. The van der Waals surface area contributed by atoms with Crippen molar-refractivity contribution in [3.63, 3.8) is 0 Å². The summed E-state index contributed by atoms with van der Waals surface area (Å²) in [4.78, 5) is 29.0. The van der Waals surface area contributed by atoms with Gasteiger partial charge in [-0.2, -0.15) is 0 Å². The summed E-state index contributed by atoms with van der Waals surface area (Å²) in [5.41, 5.74) is 0.348. The van der Waals surface area contributed by atoms with E-state index in [1.807, 2.05) is 36.4 Å². The summed E-state index contributed by atoms with van der Waals surface area (Å²) in [5, 5.41) is 25.9. The molecule has 0 amide bonds. The van der Waals surface area contributed by atoms with E-state index in [-0.39, 0.29) is 56.9 Å². The summed E-state index contributed by atoms with van der Waals surface area (Å²) in [6.45, 7) is 0. The van der Waals surface area contributed by atoms with Crippen molar-refractivity contribution >= 4 is 78.9 Å². The van der Waals surface area contributed by atoms with E-state index >= 15 is 0 Å². The lowest BCUT2D eigenvalue weighted by Gasteiger charge is -2.07. The fraction of sp³-hybridized carbons (Fsp3) is 0. The number of halogens is 4. The van der Waals surface area contributed by atoms with Crippen molar-refractivity contribution in [2.45, 2.75) is 29.4 Å². The average molecular weight is 1350 g/mol. The lowest BCUT2D eigenvalue weighted by atomic mass is 10.2. The molecule has 10 aromatic carbocycles. The summed E-state index contributed by atoms with van der Waals surface area (Å²) in [5.74, 6) is -0.731. The summed E-state index contributed by atoms with van der Waals surface area (Å²) in [7, 11) is -0.0293. The van der Waals surface area contributed by atoms with Crippen molar-refractivity contribution in [2.75, 3.05) is 0 Å². The summed E-state index contributed by atoms with van der Waals surface area (Å²) < 4.78 is 20.0. The van der Waals surface area contributed by atoms with Crippen LogP contribution >= 0.6 is 45.2 Å². The lowest BCUT2D eigenvalue weighted by molar-refractivity contribution is -0.0000461. The van der Waals surface area contributed by atoms with E-state index in [2.05, 4.69) is 227 Å². The average Bonchev–Trinajstić information content (AvgIpc) is 3.43. The third-order valence-corrected chi connectivity index (χ3v) is 15.8. The fourth-order valence-electron chi connectivity index (χ4n) is 6.49. The molecule has 0 saturated carbocycles. The quantitative estimate of drug-likeness (QED) is 0.0931. The van der Waals surface area contributed by atoms with Crippen LogP contribution in [-0.4, -0.2) is 27.3 Å². The third kappa shape index (κ3) is 19.8. The van der Waals surface area contributed by atoms with E-state index in [4.69, 9.17) is 20.1 Å². The van der Waals surface area contributed by atoms with Crippen molar-refractivity contribution in [2.24, 2.45) is 0 Å². The number of phenols is 1. The number of carboxylic acid groups (broad SMARTS) is 2. The van der Waals surface area contributed by atoms with Crippen LogP contribution < -0.4 is 28.7 Å². The maximum absolute atomic E-state index is 12.2. The van der Waals surface area contributed by atoms with Crippen LogP contribution in [0.4, 0.5) is 4.39 Å². The second-order valence-corrected chi connectivity index (χ2v) is 21.7. The third-order valence-electron chi connectivity index (χ3n) is 9.94. The number of benzene rings is 10. The molecule has 0 saturated heterocycles. The topological polar surface area (TPSA) is 104 Å². The Kier molecular flexibility index (Phi) is 25.3. The molecule has 0 aliphatic carbocycles. The number of phenolic OH excluding ortho intramolecular Hbond substituents is 1. The zero-order valence-corrected chi connectivity index (χ0v) is 47.6. The predicted molar refractivity (Wildman–Crippen MR) is 310 cm³/mol. The van der Waals surface area contributed by atoms with Crippen LogP contribution in [0.3, 0.4) is 0 Å². The first kappa shape index (κ1) is 58.4. The first-order chi connectivity index (χ1) is 35.5. The molecule has 10 aromatic rings. The van der Waals surface area contributed by atoms with Crippen LogP contribution in [0.1, 0.15) is 20.7 Å². The zero-order chi connectivity index (χ0) is 51.6. The van der Waals surface area contributed by atoms with Crippen LogP contribution in [0.5, 0.6) is 17.2 Å². The first-order valence-corrected chi connectivity index (χ1v) is 27.1. The minimum Gasteiger partial charge on any atom is -1.00 e. The van der Waals surface area contributed by atoms with Gasteiger partial charge in [-0.05, 0) is 215 Å². The molecule has 0 atom stereocenters. The molecule has 0 spiro atoms. The van der Waals surface area contributed by atoms with E-state index in [1.54, 1.807) is 24.3 Å². The van der Waals surface area contributed by atoms with Gasteiger partial charge < -0.3 is 44.0 Å². The predicted octanol–water partition coefficient (Wildman–Crippen LogP) is 13.9. The smallest absolute Gasteiger partial charge is 0.335 e. The molecule has 3 N–H and O–H groups in total. The minimum atomic E-state index is -1.04. The van der Waals surface area contributed by atoms with Gasteiger partial charge in [0.2, 0.25) is 0 Å². The van der Waals surface area contributed by atoms with Gasteiger partial charge in [0, 0.05) is 7.14 Å². The number of ether oxygens (including phenoxy) is 1. The summed E-state index contributed by atoms with van der Waals surface area (Å²) in [6.07, 6.45) is 0. The maximum atomic E-state index is 12.2. The monoisotopic (exact) mass is 1350 g/mol. The van der Waals surface area contributed by atoms with E-state index in [0.29, 0.717) is 11.5 Å². The highest BCUT2D eigenvalue weighted by Crippen LogP contribution is 2.32. The Morgan fingerprint density at radius 2 is 0.581 bits per heavy atom. The molecule has 10 rings (SSSR count). The minimum absolute atomic E-state index is 0. The normalized spacial score (nSPS) is 9.96. The molecule has 372 valence electrons. The Labute approximate surface area is 482 Å². The molecule has 74 heavy (non-hydrogen) atoms. The van der Waals surface area contributed by atoms with Gasteiger partial charge in [0.05, 0.1) is 32.9 Å². The highest BCUT2D eigenvalue weighted by atomic mass is 127. The van der Waals surface area contributed by atoms with Crippen molar-refractivity contribution in [1.29, 1.82) is 0 Å². The van der Waals surface area contributed by atoms with Crippen LogP contribution in [0.25, 0.3) is 0 Å². The van der Waals surface area contributed by atoms with Gasteiger partial charge in [-0.15, -0.1) is 0 Å². The first-order valence-electron chi connectivity index (χ1n) is 22.5. The largest absolute Gasteiger partial charge is 1.00 e. The van der Waals surface area contributed by atoms with E-state index in [0.717, 1.165) is 25.0 Å². The maximum Gasteiger partial charge on any atom is 0.335 e. The van der Waals surface area contributed by atoms with Gasteiger partial charge in [0.1, 0.15) is 23.1 Å². The van der Waals surface area contributed by atoms with Gasteiger partial charge >= 0.3 is 11.9 Å². The van der Waals surface area contributed by atoms with Crippen molar-refractivity contribution in [1.82, 2.24) is 0 Å². The van der Waals surface area contributed by atoms with Gasteiger partial charge in [-0.25, -0.2) is 14.0 Å². The number of aromatic hydroxyl groups is 1. The van der Waals surface area contributed by atoms with Crippen LogP contribution in [0.2, 0.25) is 0 Å². The van der Waals surface area contributed by atoms with Crippen LogP contribution in [0, 0.1) is 13.0 Å². The number of rotatable bonds is 10. The highest BCUT2D eigenvalue weighted by molar-refractivity contribution is 14.1. The number of hydrogen-bond donors (Lipinski definition) is 3. The Morgan fingerprint density at radius 1 is 0.351 bits per heavy atom. The van der Waals surface area contributed by atoms with Gasteiger partial charge in [0.25, 0.3) is 0 Å². The second-order valence-electron chi connectivity index (χ2n) is 15.2. The second kappa shape index (κ2) is 32.0. The Hall–Kier alpha value is -6.44.